The Labute approximate surface area is 66.3 Å². The molecular formula is C8H12O3. The number of carbonyl (C=O) groups is 1. The first-order valence-corrected chi connectivity index (χ1v) is 3.24. The van der Waals surface area contributed by atoms with Gasteiger partial charge in [0.05, 0.1) is 20.6 Å². The van der Waals surface area contributed by atoms with E-state index in [1.165, 1.54) is 14.2 Å². The quantitative estimate of drug-likeness (QED) is 0.349. The van der Waals surface area contributed by atoms with Crippen LogP contribution >= 0.6 is 0 Å². The Bertz CT molecular complexity index is 178. The van der Waals surface area contributed by atoms with Gasteiger partial charge in [-0.25, -0.2) is 0 Å². The van der Waals surface area contributed by atoms with E-state index in [0.717, 1.165) is 0 Å². The van der Waals surface area contributed by atoms with Crippen molar-refractivity contribution in [2.24, 2.45) is 0 Å². The highest BCUT2D eigenvalue weighted by Crippen LogP contribution is 2.03. The summed E-state index contributed by atoms with van der Waals surface area (Å²) in [6.45, 7) is 3.40. The highest BCUT2D eigenvalue weighted by Gasteiger charge is 2.01. The molecule has 0 aliphatic carbocycles. The molecule has 62 valence electrons. The Hall–Kier alpha value is -1.21. The molecule has 3 nitrogen and oxygen atoms in total. The summed E-state index contributed by atoms with van der Waals surface area (Å²) >= 11 is 0. The molecule has 0 aromatic carbocycles. The van der Waals surface area contributed by atoms with E-state index in [4.69, 9.17) is 4.74 Å². The molecule has 0 amide bonds. The molecule has 0 radical (unpaired) electrons. The molecule has 0 aromatic heterocycles. The summed E-state index contributed by atoms with van der Waals surface area (Å²) in [7, 11) is 2.87. The van der Waals surface area contributed by atoms with Crippen molar-refractivity contribution >= 4 is 5.97 Å². The van der Waals surface area contributed by atoms with E-state index in [2.05, 4.69) is 17.0 Å². The van der Waals surface area contributed by atoms with Gasteiger partial charge < -0.3 is 9.47 Å². The number of ether oxygens (including phenoxy) is 2. The minimum Gasteiger partial charge on any atom is -0.493 e. The number of hydrogen-bond acceptors (Lipinski definition) is 3. The number of rotatable bonds is 4. The van der Waals surface area contributed by atoms with Gasteiger partial charge in [0.25, 0.3) is 0 Å². The van der Waals surface area contributed by atoms with Crippen molar-refractivity contribution in [3.05, 3.63) is 18.1 Å². The SMILES string of the molecule is C=C=C(CCC(=O)OC)OC. The molecule has 0 aromatic rings. The van der Waals surface area contributed by atoms with Gasteiger partial charge in [0, 0.05) is 6.42 Å². The van der Waals surface area contributed by atoms with Crippen molar-refractivity contribution in [2.75, 3.05) is 14.2 Å². The van der Waals surface area contributed by atoms with Crippen LogP contribution in [0.2, 0.25) is 0 Å². The summed E-state index contributed by atoms with van der Waals surface area (Å²) in [4.78, 5) is 10.6. The van der Waals surface area contributed by atoms with Crippen LogP contribution < -0.4 is 0 Å². The fourth-order valence-corrected chi connectivity index (χ4v) is 0.580. The van der Waals surface area contributed by atoms with E-state index in [1.807, 2.05) is 0 Å². The van der Waals surface area contributed by atoms with Crippen molar-refractivity contribution in [1.82, 2.24) is 0 Å². The van der Waals surface area contributed by atoms with Gasteiger partial charge in [-0.3, -0.25) is 4.79 Å². The van der Waals surface area contributed by atoms with Gasteiger partial charge >= 0.3 is 5.97 Å². The first-order valence-electron chi connectivity index (χ1n) is 3.24. The second kappa shape index (κ2) is 5.57. The predicted octanol–water partition coefficient (Wildman–Crippen LogP) is 1.25. The average molecular weight is 156 g/mol. The van der Waals surface area contributed by atoms with Gasteiger partial charge in [0.2, 0.25) is 0 Å². The Morgan fingerprint density at radius 3 is 2.36 bits per heavy atom. The molecule has 0 unspecified atom stereocenters. The molecule has 0 bridgehead atoms. The van der Waals surface area contributed by atoms with Crippen LogP contribution in [0.5, 0.6) is 0 Å². The van der Waals surface area contributed by atoms with Crippen LogP contribution in [0.3, 0.4) is 0 Å². The second-order valence-electron chi connectivity index (χ2n) is 1.88. The predicted molar refractivity (Wildman–Crippen MR) is 40.9 cm³/mol. The molecule has 0 aliphatic rings. The number of esters is 1. The molecule has 0 fully saturated rings. The van der Waals surface area contributed by atoms with E-state index in [9.17, 15) is 4.79 Å². The molecular weight excluding hydrogens is 144 g/mol. The molecule has 0 heterocycles. The summed E-state index contributed by atoms with van der Waals surface area (Å²) in [5.41, 5.74) is 2.57. The molecule has 0 atom stereocenters. The fraction of sp³-hybridized carbons (Fsp3) is 0.500. The largest absolute Gasteiger partial charge is 0.493 e. The molecule has 0 N–H and O–H groups in total. The van der Waals surface area contributed by atoms with E-state index < -0.39 is 0 Å². The highest BCUT2D eigenvalue weighted by molar-refractivity contribution is 5.69. The van der Waals surface area contributed by atoms with Crippen LogP contribution in [-0.4, -0.2) is 20.2 Å². The van der Waals surface area contributed by atoms with Crippen molar-refractivity contribution < 1.29 is 14.3 Å². The van der Waals surface area contributed by atoms with E-state index >= 15 is 0 Å². The van der Waals surface area contributed by atoms with Crippen molar-refractivity contribution in [1.29, 1.82) is 0 Å². The fourth-order valence-electron chi connectivity index (χ4n) is 0.580. The minimum atomic E-state index is -0.255. The Morgan fingerprint density at radius 1 is 1.36 bits per heavy atom. The average Bonchev–Trinajstić information content (AvgIpc) is 2.06. The lowest BCUT2D eigenvalue weighted by Crippen LogP contribution is -2.00. The number of carbonyl (C=O) groups excluding carboxylic acids is 1. The molecule has 11 heavy (non-hydrogen) atoms. The van der Waals surface area contributed by atoms with Crippen LogP contribution in [0.1, 0.15) is 12.8 Å². The van der Waals surface area contributed by atoms with Crippen molar-refractivity contribution in [3.63, 3.8) is 0 Å². The minimum absolute atomic E-state index is 0.255. The highest BCUT2D eigenvalue weighted by atomic mass is 16.5. The summed E-state index contributed by atoms with van der Waals surface area (Å²) in [5.74, 6) is 0.324. The second-order valence-corrected chi connectivity index (χ2v) is 1.88. The monoisotopic (exact) mass is 156 g/mol. The van der Waals surface area contributed by atoms with Gasteiger partial charge in [0.1, 0.15) is 5.76 Å². The van der Waals surface area contributed by atoms with Crippen LogP contribution in [0, 0.1) is 0 Å². The van der Waals surface area contributed by atoms with Crippen molar-refractivity contribution in [3.8, 4) is 0 Å². The zero-order valence-corrected chi connectivity index (χ0v) is 6.85. The smallest absolute Gasteiger partial charge is 0.305 e. The van der Waals surface area contributed by atoms with E-state index in [1.54, 1.807) is 0 Å². The Morgan fingerprint density at radius 2 is 2.00 bits per heavy atom. The normalized spacial score (nSPS) is 8.18. The third-order valence-corrected chi connectivity index (χ3v) is 1.23. The first-order chi connectivity index (χ1) is 5.24. The van der Waals surface area contributed by atoms with E-state index in [0.29, 0.717) is 18.6 Å². The van der Waals surface area contributed by atoms with E-state index in [-0.39, 0.29) is 5.97 Å². The summed E-state index contributed by atoms with van der Waals surface area (Å²) in [5, 5.41) is 0. The van der Waals surface area contributed by atoms with Crippen LogP contribution in [0.15, 0.2) is 18.1 Å². The third-order valence-electron chi connectivity index (χ3n) is 1.23. The zero-order chi connectivity index (χ0) is 8.69. The van der Waals surface area contributed by atoms with Gasteiger partial charge in [-0.15, -0.1) is 0 Å². The number of hydrogen-bond donors (Lipinski definition) is 0. The van der Waals surface area contributed by atoms with Crippen LogP contribution in [0.25, 0.3) is 0 Å². The molecule has 0 aliphatic heterocycles. The standard InChI is InChI=1S/C8H12O3/c1-4-7(10-2)5-6-8(9)11-3/h1,5-6H2,2-3H3. The van der Waals surface area contributed by atoms with Gasteiger partial charge in [-0.2, -0.15) is 0 Å². The maximum Gasteiger partial charge on any atom is 0.305 e. The Balaban J connectivity index is 3.69. The van der Waals surface area contributed by atoms with Crippen molar-refractivity contribution in [2.45, 2.75) is 12.8 Å². The maximum atomic E-state index is 10.6. The molecule has 0 spiro atoms. The van der Waals surface area contributed by atoms with Gasteiger partial charge in [0.15, 0.2) is 0 Å². The van der Waals surface area contributed by atoms with Crippen LogP contribution in [-0.2, 0) is 14.3 Å². The third kappa shape index (κ3) is 4.23. The van der Waals surface area contributed by atoms with Gasteiger partial charge in [-0.05, 0) is 0 Å². The topological polar surface area (TPSA) is 35.5 Å². The first kappa shape index (κ1) is 9.79. The Kier molecular flexibility index (Phi) is 4.95. The molecule has 0 saturated carbocycles. The molecule has 0 saturated heterocycles. The lowest BCUT2D eigenvalue weighted by molar-refractivity contribution is -0.140. The van der Waals surface area contributed by atoms with Gasteiger partial charge in [-0.1, -0.05) is 12.3 Å². The summed E-state index contributed by atoms with van der Waals surface area (Å²) < 4.78 is 9.26. The maximum absolute atomic E-state index is 10.6. The number of allylic oxidation sites excluding steroid dienone is 1. The number of methoxy groups -OCH3 is 2. The van der Waals surface area contributed by atoms with Crippen LogP contribution in [0.4, 0.5) is 0 Å². The molecule has 3 heteroatoms. The summed E-state index contributed by atoms with van der Waals surface area (Å²) in [6, 6.07) is 0. The lowest BCUT2D eigenvalue weighted by atomic mass is 10.3. The lowest BCUT2D eigenvalue weighted by Gasteiger charge is -2.00. The zero-order valence-electron chi connectivity index (χ0n) is 6.85. The summed E-state index contributed by atoms with van der Waals surface area (Å²) in [6.07, 6.45) is 0.800. The molecule has 0 rings (SSSR count).